The van der Waals surface area contributed by atoms with Gasteiger partial charge in [0, 0.05) is 0 Å². The third-order valence-electron chi connectivity index (χ3n) is 0.587. The Bertz CT molecular complexity index is 68.5. The van der Waals surface area contributed by atoms with E-state index < -0.39 is 12.3 Å². The Labute approximate surface area is 48.4 Å². The molecule has 0 spiro atoms. The summed E-state index contributed by atoms with van der Waals surface area (Å²) in [7, 11) is 0. The molecule has 3 nitrogen and oxygen atoms in total. The predicted octanol–water partition coefficient (Wildman–Crippen LogP) is -0.800. The summed E-state index contributed by atoms with van der Waals surface area (Å²) in [5, 5.41) is 16.9. The first-order valence-corrected chi connectivity index (χ1v) is 2.43. The fourth-order valence-electron chi connectivity index (χ4n) is 0.275. The molecule has 0 fully saturated rings. The average Bonchev–Trinajstić information content (AvgIpc) is 1.61. The van der Waals surface area contributed by atoms with Gasteiger partial charge in [0.25, 0.3) is 0 Å². The van der Waals surface area contributed by atoms with Crippen molar-refractivity contribution in [1.82, 2.24) is 0 Å². The Morgan fingerprint density at radius 3 is 2.00 bits per heavy atom. The second kappa shape index (κ2) is 3.60. The first kappa shape index (κ1) is 7.62. The third kappa shape index (κ3) is 5.62. The van der Waals surface area contributed by atoms with Crippen molar-refractivity contribution in [2.75, 3.05) is 0 Å². The monoisotopic (exact) mass is 117 g/mol. The predicted molar refractivity (Wildman–Crippen MR) is 31.0 cm³/mol. The van der Waals surface area contributed by atoms with Gasteiger partial charge in [-0.05, 0) is 13.0 Å². The molecule has 0 aromatic rings. The molecule has 0 heterocycles. The van der Waals surface area contributed by atoms with Gasteiger partial charge in [-0.1, -0.05) is 6.08 Å². The lowest BCUT2D eigenvalue weighted by atomic mass is 10.3. The van der Waals surface area contributed by atoms with E-state index in [-0.39, 0.29) is 0 Å². The lowest BCUT2D eigenvalue weighted by molar-refractivity contribution is 0.220. The van der Waals surface area contributed by atoms with Crippen LogP contribution in [0.4, 0.5) is 0 Å². The molecule has 0 radical (unpaired) electrons. The van der Waals surface area contributed by atoms with Gasteiger partial charge < -0.3 is 15.9 Å². The van der Waals surface area contributed by atoms with Gasteiger partial charge in [-0.25, -0.2) is 0 Å². The largest absolute Gasteiger partial charge is 0.389 e. The highest BCUT2D eigenvalue weighted by Crippen LogP contribution is 1.82. The maximum atomic E-state index is 8.55. The van der Waals surface area contributed by atoms with Crippen LogP contribution in [-0.4, -0.2) is 22.5 Å². The summed E-state index contributed by atoms with van der Waals surface area (Å²) in [5.41, 5.74) is 4.90. The molecule has 4 N–H and O–H groups in total. The first-order valence-electron chi connectivity index (χ1n) is 2.43. The highest BCUT2D eigenvalue weighted by molar-refractivity contribution is 4.89. The summed E-state index contributed by atoms with van der Waals surface area (Å²) in [6, 6.07) is 0. The second-order valence-electron chi connectivity index (χ2n) is 1.62. The standard InChI is InChI=1S/C5H11NO2/c1-4(7)2-3-5(6)8/h2-5,7-8H,6H2,1H3/b3-2+. The Kier molecular flexibility index (Phi) is 3.43. The highest BCUT2D eigenvalue weighted by Gasteiger charge is 1.87. The van der Waals surface area contributed by atoms with Crippen molar-refractivity contribution in [3.63, 3.8) is 0 Å². The molecule has 0 aromatic heterocycles. The molecule has 0 bridgehead atoms. The number of aliphatic hydroxyl groups excluding tert-OH is 2. The molecule has 48 valence electrons. The average molecular weight is 117 g/mol. The molecular weight excluding hydrogens is 106 g/mol. The van der Waals surface area contributed by atoms with Crippen LogP contribution in [-0.2, 0) is 0 Å². The van der Waals surface area contributed by atoms with Gasteiger partial charge in [-0.15, -0.1) is 0 Å². The Morgan fingerprint density at radius 2 is 1.88 bits per heavy atom. The fourth-order valence-corrected chi connectivity index (χ4v) is 0.275. The molecule has 0 aliphatic carbocycles. The van der Waals surface area contributed by atoms with E-state index in [0.717, 1.165) is 0 Å². The number of hydrogen-bond acceptors (Lipinski definition) is 3. The van der Waals surface area contributed by atoms with E-state index in [2.05, 4.69) is 0 Å². The molecule has 3 heteroatoms. The number of nitrogens with two attached hydrogens (primary N) is 1. The molecular formula is C5H11NO2. The molecule has 0 saturated heterocycles. The summed E-state index contributed by atoms with van der Waals surface area (Å²) >= 11 is 0. The SMILES string of the molecule is CC(O)/C=C/C(N)O. The van der Waals surface area contributed by atoms with Crippen molar-refractivity contribution < 1.29 is 10.2 Å². The summed E-state index contributed by atoms with van der Waals surface area (Å²) in [4.78, 5) is 0. The van der Waals surface area contributed by atoms with Crippen LogP contribution in [0.1, 0.15) is 6.92 Å². The summed E-state index contributed by atoms with van der Waals surface area (Å²) < 4.78 is 0. The van der Waals surface area contributed by atoms with Gasteiger partial charge in [0.1, 0.15) is 6.23 Å². The van der Waals surface area contributed by atoms with Crippen LogP contribution in [0.3, 0.4) is 0 Å². The van der Waals surface area contributed by atoms with Gasteiger partial charge in [0.15, 0.2) is 0 Å². The van der Waals surface area contributed by atoms with E-state index in [1.807, 2.05) is 0 Å². The van der Waals surface area contributed by atoms with E-state index in [0.29, 0.717) is 0 Å². The van der Waals surface area contributed by atoms with E-state index >= 15 is 0 Å². The van der Waals surface area contributed by atoms with Crippen molar-refractivity contribution >= 4 is 0 Å². The third-order valence-corrected chi connectivity index (χ3v) is 0.587. The zero-order valence-corrected chi connectivity index (χ0v) is 4.78. The molecule has 0 aliphatic rings. The van der Waals surface area contributed by atoms with Crippen LogP contribution in [0.15, 0.2) is 12.2 Å². The minimum atomic E-state index is -0.954. The van der Waals surface area contributed by atoms with Gasteiger partial charge in [-0.2, -0.15) is 0 Å². The van der Waals surface area contributed by atoms with Gasteiger partial charge >= 0.3 is 0 Å². The van der Waals surface area contributed by atoms with Gasteiger partial charge in [0.2, 0.25) is 0 Å². The fraction of sp³-hybridized carbons (Fsp3) is 0.600. The molecule has 0 amide bonds. The van der Waals surface area contributed by atoms with Crippen LogP contribution in [0.5, 0.6) is 0 Å². The Balaban J connectivity index is 3.34. The molecule has 0 rings (SSSR count). The highest BCUT2D eigenvalue weighted by atomic mass is 16.3. The van der Waals surface area contributed by atoms with E-state index in [1.54, 1.807) is 6.92 Å². The number of hydrogen-bond donors (Lipinski definition) is 3. The lowest BCUT2D eigenvalue weighted by Gasteiger charge is -1.95. The minimum absolute atomic E-state index is 0.534. The number of aliphatic hydroxyl groups is 2. The van der Waals surface area contributed by atoms with E-state index in [9.17, 15) is 0 Å². The smallest absolute Gasteiger partial charge is 0.121 e. The quantitative estimate of drug-likeness (QED) is 0.327. The zero-order chi connectivity index (χ0) is 6.57. The van der Waals surface area contributed by atoms with Crippen molar-refractivity contribution in [3.05, 3.63) is 12.2 Å². The molecule has 2 unspecified atom stereocenters. The van der Waals surface area contributed by atoms with Crippen LogP contribution < -0.4 is 5.73 Å². The van der Waals surface area contributed by atoms with E-state index in [4.69, 9.17) is 15.9 Å². The topological polar surface area (TPSA) is 66.5 Å². The van der Waals surface area contributed by atoms with Crippen molar-refractivity contribution in [3.8, 4) is 0 Å². The van der Waals surface area contributed by atoms with Crippen molar-refractivity contribution in [1.29, 1.82) is 0 Å². The Morgan fingerprint density at radius 1 is 1.38 bits per heavy atom. The molecule has 0 aliphatic heterocycles. The second-order valence-corrected chi connectivity index (χ2v) is 1.62. The summed E-state index contributed by atoms with van der Waals surface area (Å²) in [6.07, 6.45) is 1.26. The molecule has 0 saturated carbocycles. The molecule has 8 heavy (non-hydrogen) atoms. The van der Waals surface area contributed by atoms with Crippen LogP contribution in [0.25, 0.3) is 0 Å². The normalized spacial score (nSPS) is 19.0. The maximum absolute atomic E-state index is 8.55. The molecule has 2 atom stereocenters. The van der Waals surface area contributed by atoms with E-state index in [1.165, 1.54) is 12.2 Å². The lowest BCUT2D eigenvalue weighted by Crippen LogP contribution is -2.15. The molecule has 0 aromatic carbocycles. The minimum Gasteiger partial charge on any atom is -0.389 e. The summed E-state index contributed by atoms with van der Waals surface area (Å²) in [5.74, 6) is 0. The van der Waals surface area contributed by atoms with Crippen molar-refractivity contribution in [2.24, 2.45) is 5.73 Å². The van der Waals surface area contributed by atoms with Crippen molar-refractivity contribution in [2.45, 2.75) is 19.3 Å². The van der Waals surface area contributed by atoms with Gasteiger partial charge in [0.05, 0.1) is 6.10 Å². The van der Waals surface area contributed by atoms with Gasteiger partial charge in [-0.3, -0.25) is 0 Å². The first-order chi connectivity index (χ1) is 3.63. The zero-order valence-electron chi connectivity index (χ0n) is 4.78. The van der Waals surface area contributed by atoms with Crippen LogP contribution in [0, 0.1) is 0 Å². The number of rotatable bonds is 2. The maximum Gasteiger partial charge on any atom is 0.121 e. The van der Waals surface area contributed by atoms with Crippen LogP contribution >= 0.6 is 0 Å². The summed E-state index contributed by atoms with van der Waals surface area (Å²) in [6.45, 7) is 1.58. The van der Waals surface area contributed by atoms with Crippen LogP contribution in [0.2, 0.25) is 0 Å². The Hall–Kier alpha value is -0.380.